The van der Waals surface area contributed by atoms with Crippen molar-refractivity contribution < 1.29 is 5.11 Å². The second-order valence-electron chi connectivity index (χ2n) is 7.66. The molecule has 2 aromatic carbocycles. The Kier molecular flexibility index (Phi) is 5.86. The van der Waals surface area contributed by atoms with Gasteiger partial charge in [-0.3, -0.25) is 9.80 Å². The van der Waals surface area contributed by atoms with E-state index < -0.39 is 0 Å². The number of aromatic hydroxyl groups is 1. The van der Waals surface area contributed by atoms with Crippen LogP contribution in [0.5, 0.6) is 5.75 Å². The summed E-state index contributed by atoms with van der Waals surface area (Å²) in [6.45, 7) is 7.35. The van der Waals surface area contributed by atoms with E-state index in [1.54, 1.807) is 6.07 Å². The first kappa shape index (κ1) is 18.6. The molecule has 2 heterocycles. The third-order valence-electron chi connectivity index (χ3n) is 5.87. The number of para-hydroxylation sites is 1. The average molecular weight is 386 g/mol. The standard InChI is InChI=1S/C22H28ClN3O/c23-19-6-3-7-20(15-19)25-11-13-26(14-12-25)21-8-4-10-24(17-21)16-18-5-1-2-9-22(18)27/h1-3,5-7,9,15,21,27H,4,8,10-14,16-17H2/t21-/m0/s1. The first-order valence-electron chi connectivity index (χ1n) is 9.93. The van der Waals surface area contributed by atoms with E-state index in [1.165, 1.54) is 18.5 Å². The molecule has 4 nitrogen and oxygen atoms in total. The van der Waals surface area contributed by atoms with Gasteiger partial charge in [-0.1, -0.05) is 35.9 Å². The lowest BCUT2D eigenvalue weighted by Gasteiger charge is -2.44. The fourth-order valence-electron chi connectivity index (χ4n) is 4.38. The molecule has 0 bridgehead atoms. The van der Waals surface area contributed by atoms with E-state index in [2.05, 4.69) is 26.8 Å². The number of benzene rings is 2. The summed E-state index contributed by atoms with van der Waals surface area (Å²) in [5.74, 6) is 0.412. The highest BCUT2D eigenvalue weighted by Crippen LogP contribution is 2.25. The number of phenolic OH excluding ortho intramolecular Hbond substituents is 1. The van der Waals surface area contributed by atoms with Gasteiger partial charge in [0.15, 0.2) is 0 Å². The molecule has 0 aromatic heterocycles. The largest absolute Gasteiger partial charge is 0.508 e. The quantitative estimate of drug-likeness (QED) is 0.866. The van der Waals surface area contributed by atoms with Crippen molar-refractivity contribution in [3.8, 4) is 5.75 Å². The molecule has 2 fully saturated rings. The number of anilines is 1. The van der Waals surface area contributed by atoms with E-state index in [0.29, 0.717) is 11.8 Å². The van der Waals surface area contributed by atoms with Crippen molar-refractivity contribution in [1.29, 1.82) is 0 Å². The second kappa shape index (κ2) is 8.51. The molecule has 0 saturated carbocycles. The van der Waals surface area contributed by atoms with Crippen molar-refractivity contribution in [3.05, 3.63) is 59.1 Å². The first-order valence-corrected chi connectivity index (χ1v) is 10.3. The molecule has 2 saturated heterocycles. The molecule has 144 valence electrons. The highest BCUT2D eigenvalue weighted by molar-refractivity contribution is 6.30. The fourth-order valence-corrected chi connectivity index (χ4v) is 4.56. The lowest BCUT2D eigenvalue weighted by atomic mass is 10.0. The molecule has 1 N–H and O–H groups in total. The predicted molar refractivity (Wildman–Crippen MR) is 112 cm³/mol. The topological polar surface area (TPSA) is 30.0 Å². The molecule has 2 aliphatic rings. The molecule has 0 aliphatic carbocycles. The van der Waals surface area contributed by atoms with E-state index in [4.69, 9.17) is 11.6 Å². The summed E-state index contributed by atoms with van der Waals surface area (Å²) in [5, 5.41) is 10.9. The van der Waals surface area contributed by atoms with Gasteiger partial charge in [0.2, 0.25) is 0 Å². The van der Waals surface area contributed by atoms with Crippen LogP contribution in [0.2, 0.25) is 5.02 Å². The Labute approximate surface area is 167 Å². The van der Waals surface area contributed by atoms with Crippen LogP contribution >= 0.6 is 11.6 Å². The summed E-state index contributed by atoms with van der Waals surface area (Å²) in [4.78, 5) is 7.58. The minimum absolute atomic E-state index is 0.412. The molecule has 4 rings (SSSR count). The van der Waals surface area contributed by atoms with Gasteiger partial charge < -0.3 is 10.0 Å². The highest BCUT2D eigenvalue weighted by Gasteiger charge is 2.28. The number of nitrogens with zero attached hydrogens (tertiary/aromatic N) is 3. The van der Waals surface area contributed by atoms with Gasteiger partial charge in [0, 0.05) is 61.6 Å². The number of piperazine rings is 1. The van der Waals surface area contributed by atoms with Gasteiger partial charge in [-0.05, 0) is 43.7 Å². The van der Waals surface area contributed by atoms with Crippen LogP contribution in [0.1, 0.15) is 18.4 Å². The highest BCUT2D eigenvalue weighted by atomic mass is 35.5. The molecule has 0 spiro atoms. The molecule has 27 heavy (non-hydrogen) atoms. The second-order valence-corrected chi connectivity index (χ2v) is 8.10. The van der Waals surface area contributed by atoms with Crippen LogP contribution in [-0.4, -0.2) is 60.2 Å². The summed E-state index contributed by atoms with van der Waals surface area (Å²) in [7, 11) is 0. The average Bonchev–Trinajstić information content (AvgIpc) is 2.70. The lowest BCUT2D eigenvalue weighted by molar-refractivity contribution is 0.0883. The van der Waals surface area contributed by atoms with Crippen LogP contribution in [0.3, 0.4) is 0 Å². The van der Waals surface area contributed by atoms with Gasteiger partial charge in [0.05, 0.1) is 0 Å². The van der Waals surface area contributed by atoms with Gasteiger partial charge in [0.25, 0.3) is 0 Å². The van der Waals surface area contributed by atoms with Gasteiger partial charge in [-0.15, -0.1) is 0 Å². The van der Waals surface area contributed by atoms with Crippen LogP contribution in [-0.2, 0) is 6.54 Å². The normalized spacial score (nSPS) is 22.1. The Bertz CT molecular complexity index is 761. The molecule has 0 radical (unpaired) electrons. The van der Waals surface area contributed by atoms with Crippen molar-refractivity contribution in [1.82, 2.24) is 9.80 Å². The number of rotatable bonds is 4. The van der Waals surface area contributed by atoms with Crippen molar-refractivity contribution in [2.75, 3.05) is 44.2 Å². The monoisotopic (exact) mass is 385 g/mol. The first-order chi connectivity index (χ1) is 13.2. The number of halogens is 1. The van der Waals surface area contributed by atoms with Crippen LogP contribution in [0.4, 0.5) is 5.69 Å². The maximum Gasteiger partial charge on any atom is 0.120 e. The van der Waals surface area contributed by atoms with Crippen LogP contribution in [0.25, 0.3) is 0 Å². The fraction of sp³-hybridized carbons (Fsp3) is 0.455. The summed E-state index contributed by atoms with van der Waals surface area (Å²) < 4.78 is 0. The molecule has 1 atom stereocenters. The van der Waals surface area contributed by atoms with Gasteiger partial charge >= 0.3 is 0 Å². The van der Waals surface area contributed by atoms with E-state index in [1.807, 2.05) is 30.3 Å². The maximum absolute atomic E-state index is 10.1. The third-order valence-corrected chi connectivity index (χ3v) is 6.11. The Hall–Kier alpha value is -1.75. The molecule has 5 heteroatoms. The van der Waals surface area contributed by atoms with Crippen LogP contribution in [0, 0.1) is 0 Å². The van der Waals surface area contributed by atoms with Gasteiger partial charge in [0.1, 0.15) is 5.75 Å². The van der Waals surface area contributed by atoms with Crippen molar-refractivity contribution in [3.63, 3.8) is 0 Å². The van der Waals surface area contributed by atoms with Crippen LogP contribution in [0.15, 0.2) is 48.5 Å². The summed E-state index contributed by atoms with van der Waals surface area (Å²) >= 11 is 6.15. The zero-order chi connectivity index (χ0) is 18.6. The molecule has 2 aliphatic heterocycles. The number of likely N-dealkylation sites (tertiary alicyclic amines) is 1. The molecule has 0 amide bonds. The minimum Gasteiger partial charge on any atom is -0.508 e. The minimum atomic E-state index is 0.412. The Balaban J connectivity index is 1.32. The number of hydrogen-bond donors (Lipinski definition) is 1. The SMILES string of the molecule is Oc1ccccc1CN1CCC[C@H](N2CCN(c3cccc(Cl)c3)CC2)C1. The van der Waals surface area contributed by atoms with Crippen LogP contribution < -0.4 is 4.90 Å². The predicted octanol–water partition coefficient (Wildman–Crippen LogP) is 3.83. The lowest BCUT2D eigenvalue weighted by Crippen LogP contribution is -2.55. The zero-order valence-corrected chi connectivity index (χ0v) is 16.5. The third kappa shape index (κ3) is 4.57. The van der Waals surface area contributed by atoms with E-state index in [-0.39, 0.29) is 0 Å². The smallest absolute Gasteiger partial charge is 0.120 e. The summed E-state index contributed by atoms with van der Waals surface area (Å²) in [6.07, 6.45) is 2.50. The molecule has 0 unspecified atom stereocenters. The van der Waals surface area contributed by atoms with Crippen molar-refractivity contribution in [2.24, 2.45) is 0 Å². The van der Waals surface area contributed by atoms with E-state index in [0.717, 1.165) is 56.4 Å². The van der Waals surface area contributed by atoms with Gasteiger partial charge in [-0.2, -0.15) is 0 Å². The Morgan fingerprint density at radius 1 is 0.963 bits per heavy atom. The van der Waals surface area contributed by atoms with Crippen molar-refractivity contribution >= 4 is 17.3 Å². The Morgan fingerprint density at radius 2 is 1.78 bits per heavy atom. The number of phenols is 1. The van der Waals surface area contributed by atoms with E-state index in [9.17, 15) is 5.11 Å². The Morgan fingerprint density at radius 3 is 2.56 bits per heavy atom. The van der Waals surface area contributed by atoms with Gasteiger partial charge in [-0.25, -0.2) is 0 Å². The number of hydrogen-bond acceptors (Lipinski definition) is 4. The van der Waals surface area contributed by atoms with Crippen molar-refractivity contribution in [2.45, 2.75) is 25.4 Å². The zero-order valence-electron chi connectivity index (χ0n) is 15.7. The summed E-state index contributed by atoms with van der Waals surface area (Å²) in [5.41, 5.74) is 2.26. The maximum atomic E-state index is 10.1. The molecule has 2 aromatic rings. The van der Waals surface area contributed by atoms with E-state index >= 15 is 0 Å². The summed E-state index contributed by atoms with van der Waals surface area (Å²) in [6, 6.07) is 16.5. The number of piperidine rings is 1. The molecular formula is C22H28ClN3O. The molecular weight excluding hydrogens is 358 g/mol.